The van der Waals surface area contributed by atoms with Crippen molar-refractivity contribution in [3.63, 3.8) is 0 Å². The van der Waals surface area contributed by atoms with E-state index >= 15 is 0 Å². The van der Waals surface area contributed by atoms with E-state index in [1.165, 1.54) is 21.4 Å². The minimum atomic E-state index is -0.440. The molecule has 2 aliphatic rings. The van der Waals surface area contributed by atoms with Crippen molar-refractivity contribution in [2.45, 2.75) is 31.7 Å². The Morgan fingerprint density at radius 3 is 2.22 bits per heavy atom. The number of carbonyl (C=O) groups is 2. The smallest absolute Gasteiger partial charge is 0.243 e. The van der Waals surface area contributed by atoms with Gasteiger partial charge in [0.2, 0.25) is 11.8 Å². The van der Waals surface area contributed by atoms with Crippen molar-refractivity contribution in [2.75, 3.05) is 4.90 Å². The summed E-state index contributed by atoms with van der Waals surface area (Å²) in [5, 5.41) is 1.20. The highest BCUT2D eigenvalue weighted by Crippen LogP contribution is 2.51. The minimum absolute atomic E-state index is 0.0692. The lowest BCUT2D eigenvalue weighted by Gasteiger charge is -2.29. The fourth-order valence-electron chi connectivity index (χ4n) is 5.74. The molecule has 4 aromatic rings. The van der Waals surface area contributed by atoms with E-state index in [0.717, 1.165) is 11.2 Å². The summed E-state index contributed by atoms with van der Waals surface area (Å²) in [5.74, 6) is -0.716. The molecule has 4 heteroatoms. The average Bonchev–Trinajstić information content (AvgIpc) is 3.27. The van der Waals surface area contributed by atoms with Gasteiger partial charge in [0.1, 0.15) is 0 Å². The van der Waals surface area contributed by atoms with E-state index in [9.17, 15) is 9.59 Å². The third-order valence-electron chi connectivity index (χ3n) is 7.07. The van der Waals surface area contributed by atoms with E-state index in [2.05, 4.69) is 47.9 Å². The van der Waals surface area contributed by atoms with Crippen molar-refractivity contribution in [1.29, 1.82) is 0 Å². The molecule has 1 fully saturated rings. The second kappa shape index (κ2) is 7.20. The molecule has 1 saturated heterocycles. The summed E-state index contributed by atoms with van der Waals surface area (Å²) in [5.41, 5.74) is 5.23. The molecule has 0 spiro atoms. The van der Waals surface area contributed by atoms with Crippen LogP contribution in [0.5, 0.6) is 0 Å². The van der Waals surface area contributed by atoms with E-state index in [1.54, 1.807) is 0 Å². The number of amides is 2. The number of nitrogens with zero attached hydrogens (tertiary/aromatic N) is 2. The lowest BCUT2D eigenvalue weighted by atomic mass is 9.74. The van der Waals surface area contributed by atoms with Gasteiger partial charge in [-0.05, 0) is 41.7 Å². The van der Waals surface area contributed by atoms with Crippen molar-refractivity contribution in [2.24, 2.45) is 5.92 Å². The van der Waals surface area contributed by atoms with Crippen molar-refractivity contribution >= 4 is 28.4 Å². The summed E-state index contributed by atoms with van der Waals surface area (Å²) in [7, 11) is 0. The first kappa shape index (κ1) is 19.1. The molecule has 2 amide bonds. The number of carbonyl (C=O) groups excluding carboxylic acids is 2. The third kappa shape index (κ3) is 2.69. The molecule has 0 saturated carbocycles. The van der Waals surface area contributed by atoms with E-state index < -0.39 is 5.92 Å². The Morgan fingerprint density at radius 1 is 0.812 bits per heavy atom. The van der Waals surface area contributed by atoms with Crippen LogP contribution in [-0.2, 0) is 16.1 Å². The Bertz CT molecular complexity index is 1340. The fraction of sp³-hybridized carbons (Fsp3) is 0.214. The molecule has 1 aliphatic heterocycles. The van der Waals surface area contributed by atoms with E-state index in [1.807, 2.05) is 48.5 Å². The Morgan fingerprint density at radius 2 is 1.47 bits per heavy atom. The van der Waals surface area contributed by atoms with Gasteiger partial charge in [0.25, 0.3) is 0 Å². The summed E-state index contributed by atoms with van der Waals surface area (Å²) in [6.45, 7) is 2.87. The molecule has 6 rings (SSSR count). The lowest BCUT2D eigenvalue weighted by Crippen LogP contribution is -2.30. The van der Waals surface area contributed by atoms with E-state index in [-0.39, 0.29) is 23.7 Å². The molecule has 0 bridgehead atoms. The van der Waals surface area contributed by atoms with Gasteiger partial charge in [-0.15, -0.1) is 0 Å². The highest BCUT2D eigenvalue weighted by molar-refractivity contribution is 6.24. The number of hydrogen-bond donors (Lipinski definition) is 0. The molecular formula is C28H24N2O2. The Labute approximate surface area is 187 Å². The predicted molar refractivity (Wildman–Crippen MR) is 126 cm³/mol. The normalized spacial score (nSPS) is 22.3. The molecule has 0 N–H and O–H groups in total. The molecule has 0 radical (unpaired) electrons. The maximum absolute atomic E-state index is 13.8. The molecule has 1 aliphatic carbocycles. The van der Waals surface area contributed by atoms with Gasteiger partial charge in [0.15, 0.2) is 0 Å². The van der Waals surface area contributed by atoms with Crippen LogP contribution in [0.2, 0.25) is 0 Å². The largest absolute Gasteiger partial charge is 0.339 e. The average molecular weight is 421 g/mol. The number of hydrogen-bond acceptors (Lipinski definition) is 2. The Kier molecular flexibility index (Phi) is 4.29. The van der Waals surface area contributed by atoms with Crippen LogP contribution in [0.25, 0.3) is 10.9 Å². The van der Waals surface area contributed by atoms with Crippen molar-refractivity contribution in [1.82, 2.24) is 4.57 Å². The monoisotopic (exact) mass is 420 g/mol. The number of benzene rings is 3. The van der Waals surface area contributed by atoms with Gasteiger partial charge in [0.05, 0.1) is 17.5 Å². The van der Waals surface area contributed by atoms with Gasteiger partial charge < -0.3 is 4.57 Å². The Hall–Kier alpha value is -3.66. The van der Waals surface area contributed by atoms with Crippen LogP contribution in [0, 0.1) is 5.92 Å². The van der Waals surface area contributed by atoms with Gasteiger partial charge in [-0.3, -0.25) is 9.59 Å². The van der Waals surface area contributed by atoms with E-state index in [4.69, 9.17) is 0 Å². The number of para-hydroxylation sites is 2. The summed E-state index contributed by atoms with van der Waals surface area (Å²) < 4.78 is 2.28. The summed E-state index contributed by atoms with van der Waals surface area (Å²) in [6, 6.07) is 28.1. The standard InChI is InChI=1S/C28H24N2O2/c1-18-16-22-25(28(32)30(27(22)31)20-12-6-3-7-13-20)26-24(18)21-14-8-9-15-23(21)29(26)17-19-10-4-2-5-11-19/h2-15,18,22,25H,16-17H2,1H3/t18-,22-,25+/m1/s1. The molecule has 2 heterocycles. The number of fused-ring (bicyclic) bond motifs is 5. The first-order chi connectivity index (χ1) is 15.6. The number of anilines is 1. The molecule has 3 atom stereocenters. The Balaban J connectivity index is 1.57. The third-order valence-corrected chi connectivity index (χ3v) is 7.07. The maximum Gasteiger partial charge on any atom is 0.243 e. The van der Waals surface area contributed by atoms with Gasteiger partial charge in [-0.1, -0.05) is 73.7 Å². The summed E-state index contributed by atoms with van der Waals surface area (Å²) in [6.07, 6.45) is 0.699. The SMILES string of the molecule is C[C@@H]1C[C@H]2C(=O)N(c3ccccc3)C(=O)[C@@H]2c2c1c1ccccc1n2Cc1ccccc1. The summed E-state index contributed by atoms with van der Waals surface area (Å²) in [4.78, 5) is 28.7. The zero-order valence-corrected chi connectivity index (χ0v) is 17.9. The maximum atomic E-state index is 13.8. The second-order valence-corrected chi connectivity index (χ2v) is 8.96. The van der Waals surface area contributed by atoms with Gasteiger partial charge in [0, 0.05) is 23.1 Å². The van der Waals surface area contributed by atoms with Crippen LogP contribution in [-0.4, -0.2) is 16.4 Å². The van der Waals surface area contributed by atoms with Crippen LogP contribution in [0.3, 0.4) is 0 Å². The van der Waals surface area contributed by atoms with Crippen LogP contribution in [0.1, 0.15) is 42.0 Å². The molecule has 32 heavy (non-hydrogen) atoms. The molecule has 3 aromatic carbocycles. The molecular weight excluding hydrogens is 396 g/mol. The molecule has 158 valence electrons. The van der Waals surface area contributed by atoms with Crippen molar-refractivity contribution < 1.29 is 9.59 Å². The van der Waals surface area contributed by atoms with Crippen LogP contribution in [0.4, 0.5) is 5.69 Å². The van der Waals surface area contributed by atoms with Crippen LogP contribution >= 0.6 is 0 Å². The quantitative estimate of drug-likeness (QED) is 0.413. The predicted octanol–water partition coefficient (Wildman–Crippen LogP) is 5.47. The van der Waals surface area contributed by atoms with Gasteiger partial charge in [-0.2, -0.15) is 0 Å². The number of aromatic nitrogens is 1. The lowest BCUT2D eigenvalue weighted by molar-refractivity contribution is -0.122. The zero-order valence-electron chi connectivity index (χ0n) is 17.9. The highest BCUT2D eigenvalue weighted by atomic mass is 16.2. The van der Waals surface area contributed by atoms with Crippen molar-refractivity contribution in [3.05, 3.63) is 102 Å². The van der Waals surface area contributed by atoms with Crippen LogP contribution in [0.15, 0.2) is 84.9 Å². The zero-order chi connectivity index (χ0) is 21.8. The first-order valence-corrected chi connectivity index (χ1v) is 11.2. The second-order valence-electron chi connectivity index (χ2n) is 8.96. The minimum Gasteiger partial charge on any atom is -0.339 e. The van der Waals surface area contributed by atoms with E-state index in [0.29, 0.717) is 18.7 Å². The van der Waals surface area contributed by atoms with Gasteiger partial charge in [-0.25, -0.2) is 4.90 Å². The summed E-state index contributed by atoms with van der Waals surface area (Å²) >= 11 is 0. The van der Waals surface area contributed by atoms with Crippen LogP contribution < -0.4 is 4.90 Å². The molecule has 0 unspecified atom stereocenters. The highest BCUT2D eigenvalue weighted by Gasteiger charge is 2.54. The first-order valence-electron chi connectivity index (χ1n) is 11.2. The number of imide groups is 1. The number of rotatable bonds is 3. The molecule has 4 nitrogen and oxygen atoms in total. The van der Waals surface area contributed by atoms with Gasteiger partial charge >= 0.3 is 0 Å². The molecule has 1 aromatic heterocycles. The fourth-order valence-corrected chi connectivity index (χ4v) is 5.74. The van der Waals surface area contributed by atoms with Crippen molar-refractivity contribution in [3.8, 4) is 0 Å². The topological polar surface area (TPSA) is 42.3 Å².